The minimum atomic E-state index is -3.91. The second-order valence-corrected chi connectivity index (χ2v) is 8.02. The quantitative estimate of drug-likeness (QED) is 0.469. The van der Waals surface area contributed by atoms with Crippen LogP contribution in [0, 0.1) is 17.5 Å². The summed E-state index contributed by atoms with van der Waals surface area (Å²) in [6.45, 7) is 0. The molecule has 0 amide bonds. The Balaban J connectivity index is 1.72. The second-order valence-electron chi connectivity index (χ2n) is 6.49. The Bertz CT molecular complexity index is 1410. The van der Waals surface area contributed by atoms with Crippen molar-refractivity contribution >= 4 is 33.2 Å². The lowest BCUT2D eigenvalue weighted by Gasteiger charge is -2.07. The number of H-pyrrole nitrogens is 1. The standard InChI is InChI=1S/C21H14F3N3O2S/c22-15-8-5-12(20(23)21(15)24)7-10-19-26-16-9-6-13(11-17(16)27-19)14-3-1-2-4-18(14)30(25,28)29/h1-11H,(H,26,27)(H2,25,28,29). The van der Waals surface area contributed by atoms with Gasteiger partial charge in [0.1, 0.15) is 5.82 Å². The Kier molecular flexibility index (Phi) is 4.92. The molecule has 3 N–H and O–H groups in total. The number of aromatic nitrogens is 2. The van der Waals surface area contributed by atoms with Crippen LogP contribution in [0.25, 0.3) is 34.3 Å². The first-order valence-corrected chi connectivity index (χ1v) is 10.2. The summed E-state index contributed by atoms with van der Waals surface area (Å²) in [4.78, 5) is 7.34. The van der Waals surface area contributed by atoms with Crippen molar-refractivity contribution in [2.24, 2.45) is 5.14 Å². The van der Waals surface area contributed by atoms with E-state index in [1.807, 2.05) is 0 Å². The number of nitrogens with two attached hydrogens (primary N) is 1. The number of benzene rings is 3. The van der Waals surface area contributed by atoms with Gasteiger partial charge in [-0.1, -0.05) is 24.3 Å². The molecular weight excluding hydrogens is 415 g/mol. The second kappa shape index (κ2) is 7.43. The lowest BCUT2D eigenvalue weighted by Crippen LogP contribution is -2.13. The minimum absolute atomic E-state index is 0.00204. The largest absolute Gasteiger partial charge is 0.338 e. The predicted molar refractivity (Wildman–Crippen MR) is 108 cm³/mol. The van der Waals surface area contributed by atoms with Gasteiger partial charge in [0, 0.05) is 11.1 Å². The van der Waals surface area contributed by atoms with Gasteiger partial charge in [-0.15, -0.1) is 0 Å². The number of hydrogen-bond acceptors (Lipinski definition) is 3. The number of aromatic amines is 1. The van der Waals surface area contributed by atoms with Crippen molar-refractivity contribution in [3.05, 3.63) is 83.4 Å². The van der Waals surface area contributed by atoms with Gasteiger partial charge in [-0.3, -0.25) is 0 Å². The molecule has 0 aliphatic heterocycles. The SMILES string of the molecule is NS(=O)(=O)c1ccccc1-c1ccc2nc(C=Cc3ccc(F)c(F)c3F)[nH]c2c1. The molecule has 0 atom stereocenters. The number of sulfonamides is 1. The molecule has 9 heteroatoms. The summed E-state index contributed by atoms with van der Waals surface area (Å²) in [6, 6.07) is 13.4. The molecule has 4 rings (SSSR count). The molecule has 0 bridgehead atoms. The van der Waals surface area contributed by atoms with Crippen molar-refractivity contribution < 1.29 is 21.6 Å². The normalized spacial score (nSPS) is 12.1. The van der Waals surface area contributed by atoms with E-state index >= 15 is 0 Å². The first-order chi connectivity index (χ1) is 14.2. The zero-order valence-electron chi connectivity index (χ0n) is 15.2. The number of imidazole rings is 1. The highest BCUT2D eigenvalue weighted by Gasteiger charge is 2.15. The fourth-order valence-corrected chi connectivity index (χ4v) is 3.83. The number of halogens is 3. The Morgan fingerprint density at radius 1 is 0.933 bits per heavy atom. The highest BCUT2D eigenvalue weighted by Crippen LogP contribution is 2.29. The van der Waals surface area contributed by atoms with E-state index < -0.39 is 27.5 Å². The van der Waals surface area contributed by atoms with E-state index in [-0.39, 0.29) is 10.5 Å². The Labute approximate surface area is 169 Å². The average molecular weight is 429 g/mol. The van der Waals surface area contributed by atoms with Crippen LogP contribution in [-0.4, -0.2) is 18.4 Å². The van der Waals surface area contributed by atoms with E-state index in [9.17, 15) is 21.6 Å². The van der Waals surface area contributed by atoms with E-state index in [1.54, 1.807) is 36.4 Å². The van der Waals surface area contributed by atoms with E-state index in [4.69, 9.17) is 5.14 Å². The van der Waals surface area contributed by atoms with Gasteiger partial charge in [0.15, 0.2) is 17.5 Å². The monoisotopic (exact) mass is 429 g/mol. The summed E-state index contributed by atoms with van der Waals surface area (Å²) < 4.78 is 63.9. The van der Waals surface area contributed by atoms with Crippen LogP contribution in [0.5, 0.6) is 0 Å². The van der Waals surface area contributed by atoms with Crippen LogP contribution in [-0.2, 0) is 10.0 Å². The molecule has 5 nitrogen and oxygen atoms in total. The van der Waals surface area contributed by atoms with Gasteiger partial charge >= 0.3 is 0 Å². The maximum absolute atomic E-state index is 13.8. The molecular formula is C21H14F3N3O2S. The summed E-state index contributed by atoms with van der Waals surface area (Å²) in [5, 5.41) is 5.30. The van der Waals surface area contributed by atoms with Crippen LogP contribution < -0.4 is 5.14 Å². The third-order valence-electron chi connectivity index (χ3n) is 4.49. The van der Waals surface area contributed by atoms with E-state index in [1.165, 1.54) is 18.2 Å². The predicted octanol–water partition coefficient (Wildman–Crippen LogP) is 4.47. The van der Waals surface area contributed by atoms with Crippen LogP contribution in [0.4, 0.5) is 13.2 Å². The van der Waals surface area contributed by atoms with Gasteiger partial charge < -0.3 is 4.98 Å². The topological polar surface area (TPSA) is 88.8 Å². The van der Waals surface area contributed by atoms with Crippen LogP contribution in [0.2, 0.25) is 0 Å². The highest BCUT2D eigenvalue weighted by molar-refractivity contribution is 7.89. The molecule has 1 heterocycles. The fraction of sp³-hybridized carbons (Fsp3) is 0. The van der Waals surface area contributed by atoms with Gasteiger partial charge in [0.05, 0.1) is 15.9 Å². The van der Waals surface area contributed by atoms with Crippen molar-refractivity contribution in [3.63, 3.8) is 0 Å². The van der Waals surface area contributed by atoms with Gasteiger partial charge in [-0.25, -0.2) is 31.7 Å². The lowest BCUT2D eigenvalue weighted by atomic mass is 10.1. The molecule has 0 fully saturated rings. The maximum atomic E-state index is 13.8. The smallest absolute Gasteiger partial charge is 0.238 e. The number of primary sulfonamides is 1. The van der Waals surface area contributed by atoms with Crippen molar-refractivity contribution in [1.29, 1.82) is 0 Å². The maximum Gasteiger partial charge on any atom is 0.238 e. The van der Waals surface area contributed by atoms with Gasteiger partial charge in [-0.05, 0) is 48.0 Å². The van der Waals surface area contributed by atoms with Gasteiger partial charge in [0.25, 0.3) is 0 Å². The number of nitrogens with one attached hydrogen (secondary N) is 1. The number of fused-ring (bicyclic) bond motifs is 1. The van der Waals surface area contributed by atoms with Crippen molar-refractivity contribution in [2.45, 2.75) is 4.90 Å². The molecule has 152 valence electrons. The van der Waals surface area contributed by atoms with Crippen molar-refractivity contribution in [1.82, 2.24) is 9.97 Å². The molecule has 0 saturated carbocycles. The Morgan fingerprint density at radius 3 is 2.47 bits per heavy atom. The zero-order valence-corrected chi connectivity index (χ0v) is 16.1. The zero-order chi connectivity index (χ0) is 21.5. The molecule has 3 aromatic carbocycles. The van der Waals surface area contributed by atoms with Crippen LogP contribution in [0.3, 0.4) is 0 Å². The Morgan fingerprint density at radius 2 is 1.70 bits per heavy atom. The highest BCUT2D eigenvalue weighted by atomic mass is 32.2. The van der Waals surface area contributed by atoms with Crippen LogP contribution >= 0.6 is 0 Å². The molecule has 0 aliphatic rings. The first kappa shape index (κ1) is 19.9. The Hall–Kier alpha value is -3.43. The van der Waals surface area contributed by atoms with Crippen molar-refractivity contribution in [3.8, 4) is 11.1 Å². The molecule has 30 heavy (non-hydrogen) atoms. The van der Waals surface area contributed by atoms with Crippen LogP contribution in [0.1, 0.15) is 11.4 Å². The minimum Gasteiger partial charge on any atom is -0.338 e. The average Bonchev–Trinajstić information content (AvgIpc) is 3.13. The number of nitrogens with zero attached hydrogens (tertiary/aromatic N) is 1. The molecule has 0 unspecified atom stereocenters. The van der Waals surface area contributed by atoms with E-state index in [0.717, 1.165) is 12.1 Å². The first-order valence-electron chi connectivity index (χ1n) is 8.67. The number of hydrogen-bond donors (Lipinski definition) is 2. The van der Waals surface area contributed by atoms with Crippen LogP contribution in [0.15, 0.2) is 59.5 Å². The van der Waals surface area contributed by atoms with Gasteiger partial charge in [0.2, 0.25) is 10.0 Å². The molecule has 4 aromatic rings. The lowest BCUT2D eigenvalue weighted by molar-refractivity contribution is 0.446. The van der Waals surface area contributed by atoms with Gasteiger partial charge in [-0.2, -0.15) is 0 Å². The third-order valence-corrected chi connectivity index (χ3v) is 5.46. The molecule has 0 spiro atoms. The molecule has 0 radical (unpaired) electrons. The summed E-state index contributed by atoms with van der Waals surface area (Å²) in [6.07, 6.45) is 2.69. The number of rotatable bonds is 4. The summed E-state index contributed by atoms with van der Waals surface area (Å²) in [7, 11) is -3.91. The summed E-state index contributed by atoms with van der Waals surface area (Å²) in [5.41, 5.74) is 2.10. The molecule has 0 saturated heterocycles. The third kappa shape index (κ3) is 3.72. The van der Waals surface area contributed by atoms with E-state index in [0.29, 0.717) is 28.0 Å². The van der Waals surface area contributed by atoms with Crippen molar-refractivity contribution in [2.75, 3.05) is 0 Å². The summed E-state index contributed by atoms with van der Waals surface area (Å²) in [5.74, 6) is -3.74. The van der Waals surface area contributed by atoms with E-state index in [2.05, 4.69) is 9.97 Å². The molecule has 0 aliphatic carbocycles. The molecule has 1 aromatic heterocycles. The summed E-state index contributed by atoms with van der Waals surface area (Å²) >= 11 is 0. The fourth-order valence-electron chi connectivity index (χ4n) is 3.07.